The van der Waals surface area contributed by atoms with Gasteiger partial charge in [-0.2, -0.15) is 0 Å². The van der Waals surface area contributed by atoms with E-state index in [2.05, 4.69) is 26.6 Å². The number of carbonyl (C=O) groups excluding carboxylic acids is 13. The quantitative estimate of drug-likeness (QED) is 0.0252. The number of carboxylic acids is 3. The Bertz CT molecular complexity index is 2890. The van der Waals surface area contributed by atoms with Crippen molar-refractivity contribution in [2.75, 3.05) is 92.3 Å². The number of unbranched alkanes of at least 4 members (excludes halogenated alkanes) is 2. The summed E-state index contributed by atoms with van der Waals surface area (Å²) in [4.78, 5) is 194. The third-order valence-electron chi connectivity index (χ3n) is 16.2. The molecule has 16 N–H and O–H groups in total. The molecule has 596 valence electrons. The number of ketones is 5. The molecule has 0 saturated carbocycles. The minimum atomic E-state index is -1.82. The highest BCUT2D eigenvalue weighted by Crippen LogP contribution is 2.34. The minimum Gasteiger partial charge on any atom is -0.480 e. The van der Waals surface area contributed by atoms with Gasteiger partial charge in [0, 0.05) is 104 Å². The lowest BCUT2D eigenvalue weighted by Crippen LogP contribution is -2.66. The Hall–Kier alpha value is -8.04. The Morgan fingerprint density at radius 3 is 1.28 bits per heavy atom. The summed E-state index contributed by atoms with van der Waals surface area (Å²) in [7, 11) is 1.56. The number of nitrogens with one attached hydrogen (secondary N) is 5. The Labute approximate surface area is 603 Å². The van der Waals surface area contributed by atoms with Crippen LogP contribution in [0.3, 0.4) is 0 Å². The average Bonchev–Trinajstić information content (AvgIpc) is 0.777. The van der Waals surface area contributed by atoms with Crippen LogP contribution >= 0.6 is 0 Å². The molecule has 0 spiro atoms. The first kappa shape index (κ1) is 93.0. The zero-order chi connectivity index (χ0) is 79.0. The summed E-state index contributed by atoms with van der Waals surface area (Å²) in [5.74, 6) is -12.5. The van der Waals surface area contributed by atoms with Crippen molar-refractivity contribution in [1.82, 2.24) is 41.3 Å². The lowest BCUT2D eigenvalue weighted by molar-refractivity contribution is -0.382. The molecular weight excluding hydrogens is 1410 g/mol. The van der Waals surface area contributed by atoms with Gasteiger partial charge in [-0.25, -0.2) is 0 Å². The molecular formula is C64H102N8O33. The van der Waals surface area contributed by atoms with E-state index in [4.69, 9.17) is 38.6 Å². The number of amides is 8. The van der Waals surface area contributed by atoms with Crippen LogP contribution < -0.4 is 26.6 Å². The zero-order valence-corrected chi connectivity index (χ0v) is 59.0. The smallest absolute Gasteiger partial charge is 0.323 e. The zero-order valence-electron chi connectivity index (χ0n) is 59.0. The van der Waals surface area contributed by atoms with Crippen molar-refractivity contribution in [2.45, 2.75) is 216 Å². The molecule has 3 heterocycles. The SMILES string of the molecule is CCNC(=O)CCC(=O)CNC(=O)CN(CC(=O)O)C(=O)CCC(=O)CNC(=O)CN(CC(=O)O)C(=O)CCC(=O)CNC(=O)CN(CC(=O)O)C(=O)CCC(=O)CC.CNC(=O)CCCCC(=O)CCCCO[C@@H]1OC(CO)[C@H](O)[C@H](O[C@H]2OC(CO)[C@H](O)[C@H](O)C2O)C1O[C@H]1C[C@@H](O)[C@H](O)C(C)O1. The lowest BCUT2D eigenvalue weighted by atomic mass is 9.96. The van der Waals surface area contributed by atoms with E-state index in [0.29, 0.717) is 66.2 Å². The van der Waals surface area contributed by atoms with Crippen molar-refractivity contribution in [2.24, 2.45) is 0 Å². The van der Waals surface area contributed by atoms with Gasteiger partial charge in [-0.05, 0) is 39.5 Å². The molecule has 3 rings (SSSR count). The van der Waals surface area contributed by atoms with Gasteiger partial charge in [-0.15, -0.1) is 0 Å². The largest absolute Gasteiger partial charge is 0.480 e. The van der Waals surface area contributed by atoms with Crippen molar-refractivity contribution < 1.29 is 161 Å². The van der Waals surface area contributed by atoms with E-state index in [1.54, 1.807) is 20.9 Å². The molecule has 0 bridgehead atoms. The van der Waals surface area contributed by atoms with Crippen LogP contribution in [-0.4, -0.2) is 343 Å². The van der Waals surface area contributed by atoms with Crippen molar-refractivity contribution >= 4 is 94.1 Å². The van der Waals surface area contributed by atoms with E-state index in [9.17, 15) is 123 Å². The summed E-state index contributed by atoms with van der Waals surface area (Å²) in [5, 5.41) is 121. The van der Waals surface area contributed by atoms with E-state index in [0.717, 1.165) is 0 Å². The van der Waals surface area contributed by atoms with Gasteiger partial charge in [0.1, 0.15) is 106 Å². The second kappa shape index (κ2) is 49.7. The van der Waals surface area contributed by atoms with Crippen molar-refractivity contribution in [3.05, 3.63) is 0 Å². The molecule has 3 saturated heterocycles. The molecule has 0 aromatic rings. The van der Waals surface area contributed by atoms with E-state index in [1.807, 2.05) is 0 Å². The highest BCUT2D eigenvalue weighted by atomic mass is 16.8. The maximum absolute atomic E-state index is 12.7. The topological polar surface area (TPSA) is 621 Å². The lowest BCUT2D eigenvalue weighted by Gasteiger charge is -2.48. The molecule has 5 unspecified atom stereocenters. The number of nitrogens with zero attached hydrogens (tertiary/aromatic N) is 3. The van der Waals surface area contributed by atoms with E-state index in [1.165, 1.54) is 6.92 Å². The maximum Gasteiger partial charge on any atom is 0.323 e. The molecule has 0 aliphatic carbocycles. The van der Waals surface area contributed by atoms with E-state index in [-0.39, 0.29) is 68.5 Å². The number of aliphatic hydroxyl groups excluding tert-OH is 8. The molecule has 41 nitrogen and oxygen atoms in total. The first-order chi connectivity index (χ1) is 49.6. The summed E-state index contributed by atoms with van der Waals surface area (Å²) in [6, 6.07) is 0. The van der Waals surface area contributed by atoms with Gasteiger partial charge in [-0.3, -0.25) is 76.7 Å². The van der Waals surface area contributed by atoms with Gasteiger partial charge in [0.05, 0.1) is 45.1 Å². The Morgan fingerprint density at radius 2 is 0.848 bits per heavy atom. The summed E-state index contributed by atoms with van der Waals surface area (Å²) in [6.45, 7) is -3.13. The van der Waals surface area contributed by atoms with Crippen LogP contribution in [0.25, 0.3) is 0 Å². The fraction of sp³-hybridized carbons (Fsp3) is 0.750. The second-order valence-electron chi connectivity index (χ2n) is 24.6. The van der Waals surface area contributed by atoms with Gasteiger partial charge < -0.3 is 126 Å². The maximum atomic E-state index is 12.7. The van der Waals surface area contributed by atoms with Crippen molar-refractivity contribution in [3.8, 4) is 0 Å². The van der Waals surface area contributed by atoms with Crippen LogP contribution in [0, 0.1) is 0 Å². The third-order valence-corrected chi connectivity index (χ3v) is 16.2. The first-order valence-corrected chi connectivity index (χ1v) is 34.1. The number of hydrogen-bond donors (Lipinski definition) is 16. The Kier molecular flexibility index (Phi) is 44.0. The second-order valence-corrected chi connectivity index (χ2v) is 24.6. The molecule has 3 fully saturated rings. The van der Waals surface area contributed by atoms with Crippen LogP contribution in [0.2, 0.25) is 0 Å². The van der Waals surface area contributed by atoms with E-state index >= 15 is 0 Å². The van der Waals surface area contributed by atoms with Crippen LogP contribution in [0.1, 0.15) is 130 Å². The molecule has 14 atom stereocenters. The molecule has 0 aromatic carbocycles. The predicted molar refractivity (Wildman–Crippen MR) is 351 cm³/mol. The highest BCUT2D eigenvalue weighted by Gasteiger charge is 2.53. The molecule has 8 amide bonds. The molecule has 3 aliphatic heterocycles. The number of Topliss-reactive ketones (excluding diaryl/α,β-unsaturated/α-hetero) is 5. The minimum absolute atomic E-state index is 0.0489. The number of carbonyl (C=O) groups is 16. The Balaban J connectivity index is 0.000000733. The number of carboxylic acid groups (broad SMARTS) is 3. The summed E-state index contributed by atoms with van der Waals surface area (Å²) in [6.07, 6.45) is -19.5. The standard InChI is InChI=1S/C35H51N7O17.C29H51NO16/c1-3-22(43)6-10-30(51)40(19-33(54)55)16-28(49)38-14-24(45)8-12-32(53)42(21-35(58)59)18-29(50)39-15-25(46)7-11-31(52)41(20-34(56)57)17-27(48)37-13-23(44)5-9-26(47)36-4-2;1-14-21(36)16(34)11-20(42-14)45-27-26(46-28-25(40)24(39)22(37)17(12-31)43-28)23(38)18(13-32)44-29(27)41-10-6-5-8-15(33)7-3-4-9-19(35)30-2/h3-21H2,1-2H3,(H,36,47)(H,37,48)(H,38,49)(H,39,50)(H,54,55)(H,56,57)(H,58,59);14,16-18,20-29,31-32,34,36-40H,3-13H2,1-2H3,(H,30,35)/t;14?,16-,17?,18?,20+,21-,22+,23+,24+,25?,26+,27?,28-,29-/m.1/s1. The third kappa shape index (κ3) is 36.2. The number of ether oxygens (including phenoxy) is 6. The fourth-order valence-electron chi connectivity index (χ4n) is 10.2. The molecule has 0 radical (unpaired) electrons. The van der Waals surface area contributed by atoms with Gasteiger partial charge in [-0.1, -0.05) is 6.92 Å². The average molecular weight is 1510 g/mol. The normalized spacial score (nSPS) is 23.3. The highest BCUT2D eigenvalue weighted by molar-refractivity contribution is 5.96. The van der Waals surface area contributed by atoms with Crippen LogP contribution in [0.4, 0.5) is 0 Å². The van der Waals surface area contributed by atoms with Crippen LogP contribution in [0.15, 0.2) is 0 Å². The molecule has 0 aromatic heterocycles. The van der Waals surface area contributed by atoms with Crippen molar-refractivity contribution in [1.29, 1.82) is 0 Å². The number of aliphatic hydroxyl groups is 8. The van der Waals surface area contributed by atoms with Gasteiger partial charge in [0.15, 0.2) is 36.2 Å². The predicted octanol–water partition coefficient (Wildman–Crippen LogP) is -7.43. The van der Waals surface area contributed by atoms with Gasteiger partial charge in [0.2, 0.25) is 47.3 Å². The van der Waals surface area contributed by atoms with Gasteiger partial charge >= 0.3 is 17.9 Å². The van der Waals surface area contributed by atoms with E-state index < -0.39 is 255 Å². The summed E-state index contributed by atoms with van der Waals surface area (Å²) < 4.78 is 34.8. The van der Waals surface area contributed by atoms with Crippen LogP contribution in [-0.2, 0) is 105 Å². The van der Waals surface area contributed by atoms with Crippen LogP contribution in [0.5, 0.6) is 0 Å². The molecule has 3 aliphatic rings. The molecule has 41 heteroatoms. The monoisotopic (exact) mass is 1510 g/mol. The van der Waals surface area contributed by atoms with Gasteiger partial charge in [0.25, 0.3) is 0 Å². The Morgan fingerprint density at radius 1 is 0.419 bits per heavy atom. The summed E-state index contributed by atoms with van der Waals surface area (Å²) >= 11 is 0. The summed E-state index contributed by atoms with van der Waals surface area (Å²) in [5.41, 5.74) is 0. The number of aliphatic carboxylic acids is 3. The molecule has 105 heavy (non-hydrogen) atoms. The van der Waals surface area contributed by atoms with Crippen molar-refractivity contribution in [3.63, 3.8) is 0 Å². The first-order valence-electron chi connectivity index (χ1n) is 34.1. The fourth-order valence-corrected chi connectivity index (χ4v) is 10.2. The number of hydrogen-bond acceptors (Lipinski definition) is 30. The number of rotatable bonds is 49.